The summed E-state index contributed by atoms with van der Waals surface area (Å²) in [6.45, 7) is 5.34. The highest BCUT2D eigenvalue weighted by molar-refractivity contribution is 7.21. The second kappa shape index (κ2) is 10.5. The third-order valence-corrected chi connectivity index (χ3v) is 6.88. The molecule has 0 unspecified atom stereocenters. The SMILES string of the molecule is COc1cnc2c(-c3nc4cc(F)c(O[C@@H](C)[C@H](C)OC(=O)Nc5cccnc5)cc4s3)cc(C)cc2n1. The van der Waals surface area contributed by atoms with Crippen LogP contribution in [-0.4, -0.2) is 45.3 Å². The predicted molar refractivity (Wildman–Crippen MR) is 143 cm³/mol. The number of fused-ring (bicyclic) bond motifs is 2. The predicted octanol–water partition coefficient (Wildman–Crippen LogP) is 6.16. The number of rotatable bonds is 7. The maximum atomic E-state index is 15.0. The third kappa shape index (κ3) is 5.32. The smallest absolute Gasteiger partial charge is 0.412 e. The lowest BCUT2D eigenvalue weighted by molar-refractivity contribution is 0.0402. The van der Waals surface area contributed by atoms with Crippen molar-refractivity contribution >= 4 is 44.4 Å². The molecule has 3 aromatic heterocycles. The van der Waals surface area contributed by atoms with E-state index in [1.807, 2.05) is 19.1 Å². The van der Waals surface area contributed by atoms with E-state index in [-0.39, 0.29) is 5.75 Å². The molecule has 0 radical (unpaired) electrons. The molecule has 2 aromatic carbocycles. The molecule has 3 heterocycles. The Labute approximate surface area is 221 Å². The first kappa shape index (κ1) is 25.3. The fourth-order valence-electron chi connectivity index (χ4n) is 3.79. The number of aromatic nitrogens is 4. The number of hydrogen-bond acceptors (Lipinski definition) is 9. The molecule has 38 heavy (non-hydrogen) atoms. The van der Waals surface area contributed by atoms with Crippen molar-refractivity contribution in [3.63, 3.8) is 0 Å². The maximum Gasteiger partial charge on any atom is 0.412 e. The van der Waals surface area contributed by atoms with Gasteiger partial charge in [0.15, 0.2) is 11.6 Å². The van der Waals surface area contributed by atoms with Crippen molar-refractivity contribution in [2.45, 2.75) is 33.0 Å². The Bertz CT molecular complexity index is 1630. The minimum atomic E-state index is -0.659. The van der Waals surface area contributed by atoms with Crippen molar-refractivity contribution in [3.05, 3.63) is 66.4 Å². The summed E-state index contributed by atoms with van der Waals surface area (Å²) in [7, 11) is 1.54. The van der Waals surface area contributed by atoms with E-state index in [4.69, 9.17) is 14.2 Å². The number of carbonyl (C=O) groups excluding carboxylic acids is 1. The number of nitrogens with one attached hydrogen (secondary N) is 1. The Morgan fingerprint density at radius 2 is 1.92 bits per heavy atom. The highest BCUT2D eigenvalue weighted by atomic mass is 32.1. The fourth-order valence-corrected chi connectivity index (χ4v) is 4.78. The van der Waals surface area contributed by atoms with E-state index in [0.29, 0.717) is 33.1 Å². The van der Waals surface area contributed by atoms with Gasteiger partial charge in [0.2, 0.25) is 5.88 Å². The lowest BCUT2D eigenvalue weighted by Gasteiger charge is -2.22. The number of hydrogen-bond donors (Lipinski definition) is 1. The van der Waals surface area contributed by atoms with Crippen LogP contribution >= 0.6 is 11.3 Å². The van der Waals surface area contributed by atoms with Crippen LogP contribution in [0, 0.1) is 12.7 Å². The quantitative estimate of drug-likeness (QED) is 0.265. The van der Waals surface area contributed by atoms with Crippen molar-refractivity contribution < 1.29 is 23.4 Å². The van der Waals surface area contributed by atoms with E-state index >= 15 is 0 Å². The molecule has 5 rings (SSSR count). The Balaban J connectivity index is 1.36. The zero-order valence-corrected chi connectivity index (χ0v) is 21.9. The number of pyridine rings is 1. The topological polar surface area (TPSA) is 108 Å². The molecule has 2 atom stereocenters. The van der Waals surface area contributed by atoms with Crippen LogP contribution < -0.4 is 14.8 Å². The molecule has 5 aromatic rings. The molecule has 0 saturated carbocycles. The van der Waals surface area contributed by atoms with Gasteiger partial charge in [-0.1, -0.05) is 0 Å². The summed E-state index contributed by atoms with van der Waals surface area (Å²) in [5, 5.41) is 3.27. The number of nitrogens with zero attached hydrogens (tertiary/aromatic N) is 4. The standard InChI is InChI=1S/C27H24FN5O4S/c1-14-8-18(25-21(9-14)32-24(35-4)13-30-25)26-33-20-10-19(28)22(11-23(20)38-26)36-15(2)16(3)37-27(34)31-17-6-5-7-29-12-17/h5-13,15-16H,1-4H3,(H,31,34)/t15-,16-/m0/s1. The average molecular weight is 534 g/mol. The highest BCUT2D eigenvalue weighted by Gasteiger charge is 2.22. The van der Waals surface area contributed by atoms with Gasteiger partial charge in [-0.3, -0.25) is 10.3 Å². The van der Waals surface area contributed by atoms with Gasteiger partial charge in [-0.05, 0) is 50.6 Å². The Hall–Kier alpha value is -4.38. The Morgan fingerprint density at radius 3 is 2.68 bits per heavy atom. The zero-order valence-electron chi connectivity index (χ0n) is 21.1. The summed E-state index contributed by atoms with van der Waals surface area (Å²) in [6.07, 6.45) is 2.72. The molecule has 0 fully saturated rings. The monoisotopic (exact) mass is 533 g/mol. The molecule has 0 aliphatic carbocycles. The van der Waals surface area contributed by atoms with Gasteiger partial charge in [0.1, 0.15) is 17.2 Å². The van der Waals surface area contributed by atoms with Gasteiger partial charge in [-0.15, -0.1) is 11.3 Å². The average Bonchev–Trinajstić information content (AvgIpc) is 3.30. The van der Waals surface area contributed by atoms with Crippen LogP contribution in [0.15, 0.2) is 55.0 Å². The molecular formula is C27H24FN5O4S. The number of halogens is 1. The number of methoxy groups -OCH3 is 1. The largest absolute Gasteiger partial charge is 0.484 e. The van der Waals surface area contributed by atoms with Gasteiger partial charge in [0.25, 0.3) is 0 Å². The number of benzene rings is 2. The van der Waals surface area contributed by atoms with E-state index < -0.39 is 24.1 Å². The zero-order chi connectivity index (χ0) is 26.8. The Morgan fingerprint density at radius 1 is 1.08 bits per heavy atom. The van der Waals surface area contributed by atoms with Gasteiger partial charge in [0.05, 0.1) is 46.4 Å². The summed E-state index contributed by atoms with van der Waals surface area (Å²) in [5.74, 6) is -0.0992. The van der Waals surface area contributed by atoms with Gasteiger partial charge < -0.3 is 14.2 Å². The van der Waals surface area contributed by atoms with E-state index in [0.717, 1.165) is 15.8 Å². The number of thiazole rings is 1. The van der Waals surface area contributed by atoms with Crippen LogP contribution in [0.4, 0.5) is 14.9 Å². The molecule has 1 N–H and O–H groups in total. The minimum Gasteiger partial charge on any atom is -0.484 e. The maximum absolute atomic E-state index is 15.0. The molecule has 194 valence electrons. The van der Waals surface area contributed by atoms with Crippen molar-refractivity contribution in [1.82, 2.24) is 19.9 Å². The molecule has 0 aliphatic heterocycles. The van der Waals surface area contributed by atoms with Crippen LogP contribution in [-0.2, 0) is 4.74 Å². The lowest BCUT2D eigenvalue weighted by Crippen LogP contribution is -2.32. The molecule has 9 nitrogen and oxygen atoms in total. The van der Waals surface area contributed by atoms with Crippen molar-refractivity contribution in [1.29, 1.82) is 0 Å². The van der Waals surface area contributed by atoms with Crippen LogP contribution in [0.5, 0.6) is 11.6 Å². The Kier molecular flexibility index (Phi) is 7.01. The minimum absolute atomic E-state index is 0.0435. The second-order valence-electron chi connectivity index (χ2n) is 8.66. The van der Waals surface area contributed by atoms with E-state index in [1.165, 1.54) is 23.6 Å². The number of ether oxygens (including phenoxy) is 3. The summed E-state index contributed by atoms with van der Waals surface area (Å²) in [5.41, 5.74) is 4.15. The number of amides is 1. The molecular weight excluding hydrogens is 509 g/mol. The first-order chi connectivity index (χ1) is 18.3. The van der Waals surface area contributed by atoms with Gasteiger partial charge in [-0.25, -0.2) is 24.1 Å². The van der Waals surface area contributed by atoms with E-state index in [2.05, 4.69) is 25.3 Å². The van der Waals surface area contributed by atoms with Gasteiger partial charge in [0, 0.05) is 23.9 Å². The number of carbonyl (C=O) groups is 1. The highest BCUT2D eigenvalue weighted by Crippen LogP contribution is 2.37. The molecule has 1 amide bonds. The first-order valence-electron chi connectivity index (χ1n) is 11.8. The molecule has 0 spiro atoms. The summed E-state index contributed by atoms with van der Waals surface area (Å²) >= 11 is 1.40. The van der Waals surface area contributed by atoms with Gasteiger partial charge in [-0.2, -0.15) is 0 Å². The van der Waals surface area contributed by atoms with Crippen LogP contribution in [0.25, 0.3) is 31.8 Å². The van der Waals surface area contributed by atoms with E-state index in [9.17, 15) is 9.18 Å². The molecule has 0 aliphatic rings. The summed E-state index contributed by atoms with van der Waals surface area (Å²) in [6, 6.07) is 10.2. The van der Waals surface area contributed by atoms with Crippen LogP contribution in [0.3, 0.4) is 0 Å². The molecule has 0 saturated heterocycles. The van der Waals surface area contributed by atoms with Gasteiger partial charge >= 0.3 is 6.09 Å². The third-order valence-electron chi connectivity index (χ3n) is 5.83. The van der Waals surface area contributed by atoms with Crippen molar-refractivity contribution in [2.75, 3.05) is 12.4 Å². The van der Waals surface area contributed by atoms with Crippen molar-refractivity contribution in [2.24, 2.45) is 0 Å². The van der Waals surface area contributed by atoms with Crippen molar-refractivity contribution in [3.8, 4) is 22.2 Å². The number of anilines is 1. The summed E-state index contributed by atoms with van der Waals surface area (Å²) < 4.78 is 32.2. The lowest BCUT2D eigenvalue weighted by atomic mass is 10.1. The number of aryl methyl sites for hydroxylation is 1. The van der Waals surface area contributed by atoms with Crippen LogP contribution in [0.1, 0.15) is 19.4 Å². The molecule has 11 heteroatoms. The molecule has 0 bridgehead atoms. The first-order valence-corrected chi connectivity index (χ1v) is 12.6. The van der Waals surface area contributed by atoms with Crippen LogP contribution in [0.2, 0.25) is 0 Å². The normalized spacial score (nSPS) is 12.8. The second-order valence-corrected chi connectivity index (χ2v) is 9.69. The fraction of sp³-hybridized carbons (Fsp3) is 0.222. The van der Waals surface area contributed by atoms with E-state index in [1.54, 1.807) is 51.6 Å². The summed E-state index contributed by atoms with van der Waals surface area (Å²) in [4.78, 5) is 29.8.